The van der Waals surface area contributed by atoms with E-state index in [0.29, 0.717) is 10.3 Å². The molecule has 0 aliphatic rings. The fraction of sp³-hybridized carbons (Fsp3) is 0.0909. The Hall–Kier alpha value is -1.42. The summed E-state index contributed by atoms with van der Waals surface area (Å²) in [6.45, 7) is 1.89. The van der Waals surface area contributed by atoms with Gasteiger partial charge in [-0.1, -0.05) is 18.2 Å². The number of carbonyl (C=O) groups excluding carboxylic acids is 1. The molecule has 0 radical (unpaired) electrons. The number of allylic oxidation sites excluding steroid dienone is 3. The van der Waals surface area contributed by atoms with Crippen LogP contribution in [0.2, 0.25) is 0 Å². The summed E-state index contributed by atoms with van der Waals surface area (Å²) in [4.78, 5) is 15.4. The van der Waals surface area contributed by atoms with Gasteiger partial charge in [0.1, 0.15) is 4.60 Å². The molecule has 1 rings (SSSR count). The molecule has 3 nitrogen and oxygen atoms in total. The molecule has 0 spiro atoms. The molecule has 78 valence electrons. The molecule has 0 aliphatic heterocycles. The summed E-state index contributed by atoms with van der Waals surface area (Å²) in [6.07, 6.45) is 8.43. The van der Waals surface area contributed by atoms with Crippen LogP contribution >= 0.6 is 15.9 Å². The highest BCUT2D eigenvalue weighted by Gasteiger charge is 2.01. The second kappa shape index (κ2) is 6.14. The molecule has 0 aliphatic carbocycles. The predicted octanol–water partition coefficient (Wildman–Crippen LogP) is 2.91. The molecule has 0 aromatic carbocycles. The van der Waals surface area contributed by atoms with Crippen LogP contribution in [-0.2, 0) is 4.79 Å². The molecule has 0 saturated carbocycles. The van der Waals surface area contributed by atoms with Crippen molar-refractivity contribution >= 4 is 27.5 Å². The highest BCUT2D eigenvalue weighted by molar-refractivity contribution is 9.10. The maximum absolute atomic E-state index is 11.4. The minimum Gasteiger partial charge on any atom is -0.320 e. The van der Waals surface area contributed by atoms with Crippen molar-refractivity contribution in [2.45, 2.75) is 6.92 Å². The van der Waals surface area contributed by atoms with Crippen LogP contribution in [0.3, 0.4) is 0 Å². The lowest BCUT2D eigenvalue weighted by atomic mass is 10.4. The molecule has 4 heteroatoms. The number of amides is 1. The van der Waals surface area contributed by atoms with Gasteiger partial charge in [0.05, 0.1) is 5.69 Å². The molecule has 0 unspecified atom stereocenters. The Morgan fingerprint density at radius 2 is 2.33 bits per heavy atom. The first-order valence-electron chi connectivity index (χ1n) is 4.45. The van der Waals surface area contributed by atoms with Gasteiger partial charge < -0.3 is 5.32 Å². The summed E-state index contributed by atoms with van der Waals surface area (Å²) in [6, 6.07) is 3.54. The van der Waals surface area contributed by atoms with Crippen LogP contribution in [0.5, 0.6) is 0 Å². The summed E-state index contributed by atoms with van der Waals surface area (Å²) in [7, 11) is 0. The van der Waals surface area contributed by atoms with Gasteiger partial charge in [-0.15, -0.1) is 0 Å². The number of nitrogens with zero attached hydrogens (tertiary/aromatic N) is 1. The van der Waals surface area contributed by atoms with Crippen LogP contribution < -0.4 is 5.32 Å². The lowest BCUT2D eigenvalue weighted by Gasteiger charge is -2.02. The van der Waals surface area contributed by atoms with Crippen molar-refractivity contribution in [2.24, 2.45) is 0 Å². The van der Waals surface area contributed by atoms with E-state index in [-0.39, 0.29) is 5.91 Å². The van der Waals surface area contributed by atoms with Gasteiger partial charge in [0.25, 0.3) is 0 Å². The molecular formula is C11H11BrN2O. The summed E-state index contributed by atoms with van der Waals surface area (Å²) in [5.41, 5.74) is 0.660. The van der Waals surface area contributed by atoms with Crippen LogP contribution in [0.1, 0.15) is 6.92 Å². The Balaban J connectivity index is 2.63. The van der Waals surface area contributed by atoms with Crippen molar-refractivity contribution in [2.75, 3.05) is 5.32 Å². The van der Waals surface area contributed by atoms with E-state index in [1.54, 1.807) is 30.5 Å². The van der Waals surface area contributed by atoms with E-state index in [1.165, 1.54) is 6.08 Å². The second-order valence-electron chi connectivity index (χ2n) is 2.72. The zero-order chi connectivity index (χ0) is 11.1. The van der Waals surface area contributed by atoms with E-state index in [1.807, 2.05) is 13.0 Å². The Morgan fingerprint density at radius 3 is 3.00 bits per heavy atom. The molecule has 0 saturated heterocycles. The third-order valence-electron chi connectivity index (χ3n) is 1.57. The number of hydrogen-bond acceptors (Lipinski definition) is 2. The van der Waals surface area contributed by atoms with Crippen LogP contribution in [-0.4, -0.2) is 10.9 Å². The van der Waals surface area contributed by atoms with E-state index in [0.717, 1.165) is 0 Å². The van der Waals surface area contributed by atoms with Gasteiger partial charge in [0.2, 0.25) is 5.91 Å². The SMILES string of the molecule is CC=CC=CC(=O)Nc1cccnc1Br. The van der Waals surface area contributed by atoms with Crippen molar-refractivity contribution in [3.05, 3.63) is 47.2 Å². The molecular weight excluding hydrogens is 256 g/mol. The van der Waals surface area contributed by atoms with Crippen molar-refractivity contribution in [3.8, 4) is 0 Å². The second-order valence-corrected chi connectivity index (χ2v) is 3.47. The first-order chi connectivity index (χ1) is 7.24. The van der Waals surface area contributed by atoms with Gasteiger partial charge >= 0.3 is 0 Å². The van der Waals surface area contributed by atoms with E-state index >= 15 is 0 Å². The van der Waals surface area contributed by atoms with Gasteiger partial charge in [-0.25, -0.2) is 4.98 Å². The molecule has 0 bridgehead atoms. The predicted molar refractivity (Wildman–Crippen MR) is 64.5 cm³/mol. The fourth-order valence-corrected chi connectivity index (χ4v) is 1.26. The van der Waals surface area contributed by atoms with Crippen LogP contribution in [0.25, 0.3) is 0 Å². The number of anilines is 1. The average molecular weight is 267 g/mol. The van der Waals surface area contributed by atoms with Gasteiger partial charge in [-0.3, -0.25) is 4.79 Å². The lowest BCUT2D eigenvalue weighted by molar-refractivity contribution is -0.111. The molecule has 0 atom stereocenters. The quantitative estimate of drug-likeness (QED) is 0.519. The van der Waals surface area contributed by atoms with Crippen molar-refractivity contribution in [3.63, 3.8) is 0 Å². The molecule has 1 aromatic rings. The third kappa shape index (κ3) is 4.08. The number of hydrogen-bond donors (Lipinski definition) is 1. The molecule has 1 aromatic heterocycles. The summed E-state index contributed by atoms with van der Waals surface area (Å²) < 4.78 is 0.623. The number of aromatic nitrogens is 1. The van der Waals surface area contributed by atoms with Crippen molar-refractivity contribution < 1.29 is 4.79 Å². The standard InChI is InChI=1S/C11H11BrN2O/c1-2-3-4-7-10(15)14-9-6-5-8-13-11(9)12/h2-8H,1H3,(H,14,15). The Bertz CT molecular complexity index is 399. The zero-order valence-corrected chi connectivity index (χ0v) is 9.86. The first-order valence-corrected chi connectivity index (χ1v) is 5.24. The normalized spacial score (nSPS) is 11.1. The highest BCUT2D eigenvalue weighted by Crippen LogP contribution is 2.17. The Morgan fingerprint density at radius 1 is 1.53 bits per heavy atom. The monoisotopic (exact) mass is 266 g/mol. The molecule has 1 heterocycles. The summed E-state index contributed by atoms with van der Waals surface area (Å²) in [5, 5.41) is 2.70. The van der Waals surface area contributed by atoms with Crippen LogP contribution in [0.15, 0.2) is 47.2 Å². The Kier molecular flexibility index (Phi) is 4.77. The number of halogens is 1. The number of nitrogens with one attached hydrogen (secondary N) is 1. The minimum absolute atomic E-state index is 0.179. The zero-order valence-electron chi connectivity index (χ0n) is 8.27. The molecule has 1 amide bonds. The van der Waals surface area contributed by atoms with E-state index < -0.39 is 0 Å². The molecule has 0 fully saturated rings. The molecule has 1 N–H and O–H groups in total. The number of rotatable bonds is 3. The molecule has 15 heavy (non-hydrogen) atoms. The summed E-state index contributed by atoms with van der Waals surface area (Å²) in [5.74, 6) is -0.179. The smallest absolute Gasteiger partial charge is 0.248 e. The number of carbonyl (C=O) groups is 1. The van der Waals surface area contributed by atoms with E-state index in [4.69, 9.17) is 0 Å². The van der Waals surface area contributed by atoms with Crippen LogP contribution in [0.4, 0.5) is 5.69 Å². The van der Waals surface area contributed by atoms with Gasteiger partial charge in [0.15, 0.2) is 0 Å². The summed E-state index contributed by atoms with van der Waals surface area (Å²) >= 11 is 3.24. The third-order valence-corrected chi connectivity index (χ3v) is 2.20. The van der Waals surface area contributed by atoms with Crippen LogP contribution in [0, 0.1) is 0 Å². The van der Waals surface area contributed by atoms with E-state index in [2.05, 4.69) is 26.2 Å². The van der Waals surface area contributed by atoms with Gasteiger partial charge in [-0.2, -0.15) is 0 Å². The topological polar surface area (TPSA) is 42.0 Å². The maximum Gasteiger partial charge on any atom is 0.248 e. The van der Waals surface area contributed by atoms with Gasteiger partial charge in [-0.05, 0) is 35.0 Å². The minimum atomic E-state index is -0.179. The Labute approximate surface area is 97.0 Å². The lowest BCUT2D eigenvalue weighted by Crippen LogP contribution is -2.08. The largest absolute Gasteiger partial charge is 0.320 e. The highest BCUT2D eigenvalue weighted by atomic mass is 79.9. The average Bonchev–Trinajstić information content (AvgIpc) is 2.22. The van der Waals surface area contributed by atoms with E-state index in [9.17, 15) is 4.79 Å². The number of pyridine rings is 1. The van der Waals surface area contributed by atoms with Gasteiger partial charge in [0, 0.05) is 12.3 Å². The fourth-order valence-electron chi connectivity index (χ4n) is 0.908. The van der Waals surface area contributed by atoms with Crippen molar-refractivity contribution in [1.82, 2.24) is 4.98 Å². The maximum atomic E-state index is 11.4. The van der Waals surface area contributed by atoms with Crippen molar-refractivity contribution in [1.29, 1.82) is 0 Å². The first kappa shape index (κ1) is 11.7.